The molecule has 0 saturated heterocycles. The summed E-state index contributed by atoms with van der Waals surface area (Å²) in [6.07, 6.45) is 4.77. The Balaban J connectivity index is 1.55. The van der Waals surface area contributed by atoms with Gasteiger partial charge in [0, 0.05) is 42.0 Å². The lowest BCUT2D eigenvalue weighted by Crippen LogP contribution is -2.32. The number of carbonyl (C=O) groups excluding carboxylic acids is 1. The van der Waals surface area contributed by atoms with Crippen molar-refractivity contribution in [3.05, 3.63) is 58.3 Å². The molecule has 0 aliphatic carbocycles. The molecule has 134 valence electrons. The second-order valence-corrected chi connectivity index (χ2v) is 7.04. The first kappa shape index (κ1) is 18.0. The topological polar surface area (TPSA) is 92.2 Å². The van der Waals surface area contributed by atoms with Crippen LogP contribution in [0.5, 0.6) is 0 Å². The number of aromatic carboxylic acids is 1. The summed E-state index contributed by atoms with van der Waals surface area (Å²) in [6, 6.07) is 8.00. The molecule has 2 N–H and O–H groups in total. The number of hydrogen-bond donors (Lipinski definition) is 2. The molecule has 0 fully saturated rings. The fraction of sp³-hybridized carbons (Fsp3) is 0.263. The number of nitrogens with one attached hydrogen (secondary N) is 1. The zero-order chi connectivity index (χ0) is 18.5. The van der Waals surface area contributed by atoms with Gasteiger partial charge >= 0.3 is 5.97 Å². The Labute approximate surface area is 154 Å². The number of fused-ring (bicyclic) bond motifs is 1. The quantitative estimate of drug-likeness (QED) is 0.668. The van der Waals surface area contributed by atoms with Crippen molar-refractivity contribution in [3.63, 3.8) is 0 Å². The number of benzene rings is 1. The van der Waals surface area contributed by atoms with Crippen LogP contribution in [0.15, 0.2) is 42.0 Å². The molecule has 1 amide bonds. The number of carboxylic acids is 1. The fourth-order valence-electron chi connectivity index (χ4n) is 2.76. The maximum Gasteiger partial charge on any atom is 0.355 e. The van der Waals surface area contributed by atoms with Crippen molar-refractivity contribution in [2.75, 3.05) is 6.54 Å². The van der Waals surface area contributed by atoms with E-state index in [0.29, 0.717) is 24.4 Å². The van der Waals surface area contributed by atoms with Gasteiger partial charge in [-0.3, -0.25) is 9.78 Å². The number of carboxylic acid groups (broad SMARTS) is 1. The normalized spacial score (nSPS) is 12.0. The van der Waals surface area contributed by atoms with Crippen LogP contribution < -0.4 is 5.32 Å². The van der Waals surface area contributed by atoms with Crippen LogP contribution in [0.2, 0.25) is 0 Å². The fourth-order valence-corrected chi connectivity index (χ4v) is 3.53. The first-order valence-corrected chi connectivity index (χ1v) is 9.19. The number of rotatable bonds is 7. The Hall–Kier alpha value is -2.80. The van der Waals surface area contributed by atoms with Crippen molar-refractivity contribution in [1.82, 2.24) is 15.3 Å². The SMILES string of the molecule is C[C@@H](Cc1cncc2ccccc12)C(=O)NCCc1nc(C(=O)O)cs1. The summed E-state index contributed by atoms with van der Waals surface area (Å²) in [5.41, 5.74) is 1.10. The average Bonchev–Trinajstić information content (AvgIpc) is 3.11. The third-order valence-corrected chi connectivity index (χ3v) is 5.04. The Morgan fingerprint density at radius 3 is 2.85 bits per heavy atom. The second kappa shape index (κ2) is 8.05. The zero-order valence-corrected chi connectivity index (χ0v) is 15.1. The maximum absolute atomic E-state index is 12.3. The van der Waals surface area contributed by atoms with Crippen molar-refractivity contribution in [2.45, 2.75) is 19.8 Å². The Bertz CT molecular complexity index is 933. The van der Waals surface area contributed by atoms with Gasteiger partial charge < -0.3 is 10.4 Å². The van der Waals surface area contributed by atoms with Crippen LogP contribution in [-0.4, -0.2) is 33.5 Å². The highest BCUT2D eigenvalue weighted by Gasteiger charge is 2.15. The van der Waals surface area contributed by atoms with Gasteiger partial charge in [-0.25, -0.2) is 9.78 Å². The molecule has 0 spiro atoms. The Morgan fingerprint density at radius 2 is 2.08 bits per heavy atom. The number of hydrogen-bond acceptors (Lipinski definition) is 5. The average molecular weight is 369 g/mol. The van der Waals surface area contributed by atoms with Crippen LogP contribution in [0, 0.1) is 5.92 Å². The third kappa shape index (κ3) is 4.23. The lowest BCUT2D eigenvalue weighted by Gasteiger charge is -2.13. The monoisotopic (exact) mass is 369 g/mol. The first-order valence-electron chi connectivity index (χ1n) is 8.31. The number of amides is 1. The number of aromatic nitrogens is 2. The van der Waals surface area contributed by atoms with E-state index in [1.807, 2.05) is 43.6 Å². The zero-order valence-electron chi connectivity index (χ0n) is 14.3. The second-order valence-electron chi connectivity index (χ2n) is 6.10. The molecular formula is C19H19N3O3S. The lowest BCUT2D eigenvalue weighted by atomic mass is 9.97. The van der Waals surface area contributed by atoms with Gasteiger partial charge in [0.15, 0.2) is 5.69 Å². The highest BCUT2D eigenvalue weighted by atomic mass is 32.1. The molecule has 0 saturated carbocycles. The number of carbonyl (C=O) groups is 2. The van der Waals surface area contributed by atoms with E-state index in [1.165, 1.54) is 16.7 Å². The summed E-state index contributed by atoms with van der Waals surface area (Å²) in [4.78, 5) is 31.4. The highest BCUT2D eigenvalue weighted by Crippen LogP contribution is 2.20. The van der Waals surface area contributed by atoms with Crippen LogP contribution in [0.25, 0.3) is 10.8 Å². The van der Waals surface area contributed by atoms with Gasteiger partial charge in [0.1, 0.15) is 0 Å². The van der Waals surface area contributed by atoms with Gasteiger partial charge in [-0.15, -0.1) is 11.3 Å². The first-order chi connectivity index (χ1) is 12.5. The van der Waals surface area contributed by atoms with Crippen LogP contribution >= 0.6 is 11.3 Å². The van der Waals surface area contributed by atoms with Gasteiger partial charge in [-0.1, -0.05) is 31.2 Å². The van der Waals surface area contributed by atoms with Crippen molar-refractivity contribution in [1.29, 1.82) is 0 Å². The van der Waals surface area contributed by atoms with Crippen molar-refractivity contribution in [3.8, 4) is 0 Å². The molecule has 0 bridgehead atoms. The van der Waals surface area contributed by atoms with E-state index in [1.54, 1.807) is 0 Å². The minimum absolute atomic E-state index is 0.0343. The molecule has 0 radical (unpaired) electrons. The van der Waals surface area contributed by atoms with E-state index in [-0.39, 0.29) is 17.5 Å². The van der Waals surface area contributed by atoms with Crippen molar-refractivity contribution in [2.24, 2.45) is 5.92 Å². The van der Waals surface area contributed by atoms with E-state index in [4.69, 9.17) is 5.11 Å². The van der Waals surface area contributed by atoms with Gasteiger partial charge in [0.05, 0.1) is 5.01 Å². The molecule has 1 aromatic carbocycles. The third-order valence-electron chi connectivity index (χ3n) is 4.13. The van der Waals surface area contributed by atoms with Crippen molar-refractivity contribution >= 4 is 34.0 Å². The molecule has 0 aliphatic rings. The highest BCUT2D eigenvalue weighted by molar-refractivity contribution is 7.09. The summed E-state index contributed by atoms with van der Waals surface area (Å²) in [5, 5.41) is 16.2. The standard InChI is InChI=1S/C19H19N3O3S/c1-12(8-14-10-20-9-13-4-2-3-5-15(13)14)18(23)21-7-6-17-22-16(11-26-17)19(24)25/h2-5,9-12H,6-8H2,1H3,(H,21,23)(H,24,25)/t12-/m0/s1. The summed E-state index contributed by atoms with van der Waals surface area (Å²) in [5.74, 6) is -1.25. The predicted molar refractivity (Wildman–Crippen MR) is 100 cm³/mol. The molecular weight excluding hydrogens is 350 g/mol. The number of nitrogens with zero attached hydrogens (tertiary/aromatic N) is 2. The van der Waals surface area contributed by atoms with Gasteiger partial charge in [0.2, 0.25) is 5.91 Å². The van der Waals surface area contributed by atoms with E-state index >= 15 is 0 Å². The van der Waals surface area contributed by atoms with E-state index in [2.05, 4.69) is 15.3 Å². The predicted octanol–water partition coefficient (Wildman–Crippen LogP) is 2.93. The van der Waals surface area contributed by atoms with E-state index < -0.39 is 5.97 Å². The maximum atomic E-state index is 12.3. The molecule has 0 unspecified atom stereocenters. The molecule has 0 aliphatic heterocycles. The van der Waals surface area contributed by atoms with Gasteiger partial charge in [-0.05, 0) is 17.4 Å². The van der Waals surface area contributed by atoms with E-state index in [9.17, 15) is 9.59 Å². The smallest absolute Gasteiger partial charge is 0.355 e. The molecule has 2 heterocycles. The number of thiazole rings is 1. The van der Waals surface area contributed by atoms with Crippen LogP contribution in [-0.2, 0) is 17.6 Å². The molecule has 1 atom stereocenters. The Kier molecular flexibility index (Phi) is 5.58. The lowest BCUT2D eigenvalue weighted by molar-refractivity contribution is -0.124. The molecule has 6 nitrogen and oxygen atoms in total. The summed E-state index contributed by atoms with van der Waals surface area (Å²) >= 11 is 1.29. The molecule has 7 heteroatoms. The summed E-state index contributed by atoms with van der Waals surface area (Å²) in [7, 11) is 0. The molecule has 26 heavy (non-hydrogen) atoms. The summed E-state index contributed by atoms with van der Waals surface area (Å²) < 4.78 is 0. The van der Waals surface area contributed by atoms with Crippen LogP contribution in [0.3, 0.4) is 0 Å². The molecule has 3 rings (SSSR count). The largest absolute Gasteiger partial charge is 0.476 e. The number of pyridine rings is 1. The molecule has 2 aromatic heterocycles. The van der Waals surface area contributed by atoms with Crippen molar-refractivity contribution < 1.29 is 14.7 Å². The minimum atomic E-state index is -1.03. The molecule has 3 aromatic rings. The van der Waals surface area contributed by atoms with E-state index in [0.717, 1.165) is 16.3 Å². The summed E-state index contributed by atoms with van der Waals surface area (Å²) in [6.45, 7) is 2.33. The van der Waals surface area contributed by atoms with Gasteiger partial charge in [0.25, 0.3) is 0 Å². The minimum Gasteiger partial charge on any atom is -0.476 e. The van der Waals surface area contributed by atoms with Crippen LogP contribution in [0.1, 0.15) is 28.0 Å². The van der Waals surface area contributed by atoms with Gasteiger partial charge in [-0.2, -0.15) is 0 Å². The Morgan fingerprint density at radius 1 is 1.27 bits per heavy atom. The van der Waals surface area contributed by atoms with Crippen LogP contribution in [0.4, 0.5) is 0 Å².